The van der Waals surface area contributed by atoms with Crippen LogP contribution in [0.4, 0.5) is 0 Å². The molecule has 0 N–H and O–H groups in total. The molecule has 6 heteroatoms. The second-order valence-electron chi connectivity index (χ2n) is 20.2. The maximum absolute atomic E-state index is 12.9. The molecule has 0 aromatic carbocycles. The molecule has 0 aliphatic heterocycles. The van der Waals surface area contributed by atoms with Gasteiger partial charge in [-0.15, -0.1) is 0 Å². The number of unbranched alkanes of at least 4 members (excludes halogenated alkanes) is 21. The highest BCUT2D eigenvalue weighted by Crippen LogP contribution is 2.16. The molecule has 0 amide bonds. The minimum Gasteiger partial charge on any atom is -0.462 e. The minimum absolute atomic E-state index is 0.112. The number of esters is 3. The zero-order chi connectivity index (χ0) is 55.7. The van der Waals surface area contributed by atoms with Gasteiger partial charge in [-0.05, 0) is 96.3 Å². The summed E-state index contributed by atoms with van der Waals surface area (Å²) >= 11 is 0. The maximum Gasteiger partial charge on any atom is 0.309 e. The summed E-state index contributed by atoms with van der Waals surface area (Å²) in [5, 5.41) is 0. The molecule has 0 radical (unpaired) electrons. The molecule has 0 aromatic rings. The van der Waals surface area contributed by atoms with Gasteiger partial charge >= 0.3 is 17.9 Å². The number of hydrogen-bond donors (Lipinski definition) is 0. The van der Waals surface area contributed by atoms with Gasteiger partial charge < -0.3 is 14.2 Å². The van der Waals surface area contributed by atoms with Crippen molar-refractivity contribution in [3.8, 4) is 0 Å². The van der Waals surface area contributed by atoms with Crippen LogP contribution in [-0.2, 0) is 28.6 Å². The number of ether oxygens (including phenoxy) is 3. The van der Waals surface area contributed by atoms with E-state index in [-0.39, 0.29) is 38.0 Å². The molecule has 0 aromatic heterocycles. The van der Waals surface area contributed by atoms with Gasteiger partial charge in [-0.25, -0.2) is 0 Å². The first-order valence-corrected chi connectivity index (χ1v) is 31.3. The molecule has 0 fully saturated rings. The summed E-state index contributed by atoms with van der Waals surface area (Å²) in [6, 6.07) is 0. The molecular weight excluding hydrogens is 949 g/mol. The largest absolute Gasteiger partial charge is 0.462 e. The number of rotatable bonds is 55. The summed E-state index contributed by atoms with van der Waals surface area (Å²) in [7, 11) is 0. The molecule has 0 spiro atoms. The van der Waals surface area contributed by atoms with Crippen LogP contribution in [-0.4, -0.2) is 37.2 Å². The van der Waals surface area contributed by atoms with E-state index in [9.17, 15) is 14.4 Å². The van der Waals surface area contributed by atoms with Crippen LogP contribution in [0, 0.1) is 0 Å². The summed E-state index contributed by atoms with van der Waals surface area (Å²) in [4.78, 5) is 38.2. The molecule has 0 saturated heterocycles. The van der Waals surface area contributed by atoms with Crippen molar-refractivity contribution in [1.29, 1.82) is 0 Å². The van der Waals surface area contributed by atoms with Crippen LogP contribution in [0.3, 0.4) is 0 Å². The van der Waals surface area contributed by atoms with Gasteiger partial charge in [0.2, 0.25) is 0 Å². The van der Waals surface area contributed by atoms with E-state index in [1.54, 1.807) is 6.08 Å². The molecule has 1 unspecified atom stereocenters. The van der Waals surface area contributed by atoms with E-state index >= 15 is 0 Å². The van der Waals surface area contributed by atoms with Crippen molar-refractivity contribution in [3.05, 3.63) is 146 Å². The van der Waals surface area contributed by atoms with E-state index in [0.29, 0.717) is 12.8 Å². The molecule has 77 heavy (non-hydrogen) atoms. The predicted octanol–water partition coefficient (Wildman–Crippen LogP) is 21.5. The third-order valence-corrected chi connectivity index (χ3v) is 12.9. The van der Waals surface area contributed by atoms with Crippen LogP contribution in [0.2, 0.25) is 0 Å². The number of carbonyl (C=O) groups is 3. The lowest BCUT2D eigenvalue weighted by Crippen LogP contribution is -2.30. The van der Waals surface area contributed by atoms with Gasteiger partial charge in [0.05, 0.1) is 6.42 Å². The first kappa shape index (κ1) is 72.3. The SMILES string of the molecule is CC/C=C\C/C=C\C/C=C\C/C=C\C/C=C\C/C=C\C/C=C\CCCC(=O)OCC(COC(=O)C/C=C\C/C=C\C/C=C\C/C=C\C/C=C\CC)OC(=O)CCCCCCCCCCCCCCCCCCCCCCC. The third kappa shape index (κ3) is 62.0. The second-order valence-corrected chi connectivity index (χ2v) is 20.2. The Hall–Kier alpha value is -4.71. The van der Waals surface area contributed by atoms with Crippen molar-refractivity contribution in [1.82, 2.24) is 0 Å². The van der Waals surface area contributed by atoms with Crippen LogP contribution in [0.5, 0.6) is 0 Å². The van der Waals surface area contributed by atoms with E-state index in [1.165, 1.54) is 116 Å². The van der Waals surface area contributed by atoms with Crippen LogP contribution in [0.25, 0.3) is 0 Å². The normalized spacial score (nSPS) is 13.1. The van der Waals surface area contributed by atoms with Crippen LogP contribution in [0.15, 0.2) is 146 Å². The smallest absolute Gasteiger partial charge is 0.309 e. The first-order valence-electron chi connectivity index (χ1n) is 31.3. The van der Waals surface area contributed by atoms with Crippen molar-refractivity contribution in [2.45, 2.75) is 271 Å². The van der Waals surface area contributed by atoms with E-state index in [2.05, 4.69) is 154 Å². The summed E-state index contributed by atoms with van der Waals surface area (Å²) in [6.07, 6.45) is 91.7. The highest BCUT2D eigenvalue weighted by atomic mass is 16.6. The topological polar surface area (TPSA) is 78.9 Å². The molecule has 0 aliphatic rings. The van der Waals surface area contributed by atoms with Crippen LogP contribution in [0.1, 0.15) is 265 Å². The summed E-state index contributed by atoms with van der Waals surface area (Å²) in [6.45, 7) is 6.29. The van der Waals surface area contributed by atoms with Gasteiger partial charge in [0.15, 0.2) is 6.10 Å². The summed E-state index contributed by atoms with van der Waals surface area (Å²) in [5.41, 5.74) is 0. The van der Waals surface area contributed by atoms with Gasteiger partial charge in [-0.1, -0.05) is 295 Å². The first-order chi connectivity index (χ1) is 38.0. The van der Waals surface area contributed by atoms with Gasteiger partial charge in [0.1, 0.15) is 13.2 Å². The molecule has 1 atom stereocenters. The fraction of sp³-hybridized carbons (Fsp3) is 0.620. The Labute approximate surface area is 474 Å². The van der Waals surface area contributed by atoms with Crippen molar-refractivity contribution < 1.29 is 28.6 Å². The van der Waals surface area contributed by atoms with E-state index in [1.807, 2.05) is 6.08 Å². The highest BCUT2D eigenvalue weighted by Gasteiger charge is 2.19. The third-order valence-electron chi connectivity index (χ3n) is 12.9. The average Bonchev–Trinajstić information content (AvgIpc) is 3.43. The van der Waals surface area contributed by atoms with Crippen molar-refractivity contribution in [2.24, 2.45) is 0 Å². The molecule has 0 aliphatic carbocycles. The number of allylic oxidation sites excluding steroid dienone is 23. The molecule has 0 saturated carbocycles. The lowest BCUT2D eigenvalue weighted by molar-refractivity contribution is -0.166. The second kappa shape index (κ2) is 63.8. The van der Waals surface area contributed by atoms with Gasteiger partial charge in [-0.3, -0.25) is 14.4 Å². The molecule has 0 bridgehead atoms. The Balaban J connectivity index is 4.54. The fourth-order valence-electron chi connectivity index (χ4n) is 8.27. The van der Waals surface area contributed by atoms with Gasteiger partial charge in [0.25, 0.3) is 0 Å². The fourth-order valence-corrected chi connectivity index (χ4v) is 8.27. The van der Waals surface area contributed by atoms with E-state index in [4.69, 9.17) is 14.2 Å². The van der Waals surface area contributed by atoms with E-state index in [0.717, 1.165) is 103 Å². The Morgan fingerprint density at radius 2 is 0.558 bits per heavy atom. The zero-order valence-corrected chi connectivity index (χ0v) is 49.7. The Bertz CT molecular complexity index is 1700. The summed E-state index contributed by atoms with van der Waals surface area (Å²) in [5.74, 6) is -1.13. The summed E-state index contributed by atoms with van der Waals surface area (Å²) < 4.78 is 16.8. The number of hydrogen-bond acceptors (Lipinski definition) is 6. The van der Waals surface area contributed by atoms with Crippen molar-refractivity contribution >= 4 is 17.9 Å². The quantitative estimate of drug-likeness (QED) is 0.0261. The molecule has 434 valence electrons. The lowest BCUT2D eigenvalue weighted by atomic mass is 10.0. The van der Waals surface area contributed by atoms with E-state index < -0.39 is 12.1 Å². The molecule has 6 nitrogen and oxygen atoms in total. The average molecular weight is 1060 g/mol. The Morgan fingerprint density at radius 3 is 0.896 bits per heavy atom. The zero-order valence-electron chi connectivity index (χ0n) is 49.7. The highest BCUT2D eigenvalue weighted by molar-refractivity contribution is 5.72. The van der Waals surface area contributed by atoms with Crippen molar-refractivity contribution in [3.63, 3.8) is 0 Å². The Morgan fingerprint density at radius 1 is 0.286 bits per heavy atom. The standard InChI is InChI=1S/C71H114O6/c1-4-7-10-13-16-19-22-25-28-30-32-34-35-37-38-40-43-46-49-52-55-58-61-64-70(73)76-67-68(66-75-69(72)63-60-57-54-51-48-45-42-27-24-21-18-15-12-9-6-3)77-71(74)65-62-59-56-53-50-47-44-41-39-36-33-31-29-26-23-20-17-14-11-8-5-2/h7,9-10,12,16,18-19,21,25,27-28,32,34,37-38,42-43,46,48,51-52,55,57,60,68H,4-6,8,11,13-15,17,20,22-24,26,29-31,33,35-36,39-41,44-45,47,49-50,53-54,56,58-59,61-67H2,1-3H3/b10-7-,12-9-,19-16-,21-18-,28-25-,34-32-,38-37-,42-27-,46-43-,51-48-,55-52-,60-57-. The monoisotopic (exact) mass is 1060 g/mol. The van der Waals surface area contributed by atoms with Gasteiger partial charge in [0, 0.05) is 12.8 Å². The number of carbonyl (C=O) groups excluding carboxylic acids is 3. The molecule has 0 heterocycles. The Kier molecular flexibility index (Phi) is 59.9. The minimum atomic E-state index is -0.847. The molecule has 0 rings (SSSR count). The van der Waals surface area contributed by atoms with Crippen LogP contribution < -0.4 is 0 Å². The van der Waals surface area contributed by atoms with Crippen molar-refractivity contribution in [2.75, 3.05) is 13.2 Å². The van der Waals surface area contributed by atoms with Crippen LogP contribution >= 0.6 is 0 Å². The van der Waals surface area contributed by atoms with Gasteiger partial charge in [-0.2, -0.15) is 0 Å². The molecular formula is C71H114O6. The maximum atomic E-state index is 12.9. The lowest BCUT2D eigenvalue weighted by Gasteiger charge is -2.18. The predicted molar refractivity (Wildman–Crippen MR) is 334 cm³/mol.